The molecule has 2 aromatic rings. The van der Waals surface area contributed by atoms with Crippen LogP contribution in [-0.2, 0) is 0 Å². The van der Waals surface area contributed by atoms with Gasteiger partial charge in [-0.05, 0) is 24.3 Å². The molecule has 0 aromatic heterocycles. The summed E-state index contributed by atoms with van der Waals surface area (Å²) in [4.78, 5) is 14.6. The Labute approximate surface area is 148 Å². The molecule has 0 aliphatic carbocycles. The highest BCUT2D eigenvalue weighted by Crippen LogP contribution is 2.41. The van der Waals surface area contributed by atoms with E-state index in [1.165, 1.54) is 0 Å². The van der Waals surface area contributed by atoms with Crippen molar-refractivity contribution in [1.29, 1.82) is 0 Å². The number of hydrogen-bond acceptors (Lipinski definition) is 2. The van der Waals surface area contributed by atoms with E-state index < -0.39 is 0 Å². The van der Waals surface area contributed by atoms with Gasteiger partial charge in [-0.3, -0.25) is 4.79 Å². The van der Waals surface area contributed by atoms with Crippen LogP contribution < -0.4 is 0 Å². The lowest BCUT2D eigenvalue weighted by molar-refractivity contribution is 0.0760. The number of nitrogens with zero attached hydrogens (tertiary/aromatic N) is 1. The number of carbonyl (C=O) groups is 1. The van der Waals surface area contributed by atoms with Crippen LogP contribution in [0, 0.1) is 0 Å². The van der Waals surface area contributed by atoms with E-state index in [1.807, 2.05) is 24.3 Å². The molecule has 6 heteroatoms. The number of thioether (sulfide) groups is 1. The molecule has 1 aliphatic rings. The largest absolute Gasteiger partial charge is 0.322 e. The summed E-state index contributed by atoms with van der Waals surface area (Å²) in [5.74, 6) is 0.768. The van der Waals surface area contributed by atoms with Crippen LogP contribution in [0.25, 0.3) is 0 Å². The Bertz CT molecular complexity index is 722. The maximum Gasteiger partial charge on any atom is 0.256 e. The second-order valence-electron chi connectivity index (χ2n) is 4.87. The van der Waals surface area contributed by atoms with Gasteiger partial charge in [-0.25, -0.2) is 0 Å². The highest BCUT2D eigenvalue weighted by Gasteiger charge is 2.33. The molecule has 1 heterocycles. The van der Waals surface area contributed by atoms with Crippen LogP contribution >= 0.6 is 46.6 Å². The van der Waals surface area contributed by atoms with Crippen molar-refractivity contribution in [3.05, 3.63) is 68.7 Å². The summed E-state index contributed by atoms with van der Waals surface area (Å²) in [6.07, 6.45) is 0. The number of amides is 1. The Hall–Kier alpha value is -0.870. The Balaban J connectivity index is 1.93. The van der Waals surface area contributed by atoms with Gasteiger partial charge in [-0.1, -0.05) is 53.0 Å². The molecule has 1 fully saturated rings. The summed E-state index contributed by atoms with van der Waals surface area (Å²) in [7, 11) is 0. The topological polar surface area (TPSA) is 20.3 Å². The minimum absolute atomic E-state index is 0.0899. The molecule has 2 nitrogen and oxygen atoms in total. The average molecular weight is 373 g/mol. The number of rotatable bonds is 2. The molecule has 3 rings (SSSR count). The first-order valence-electron chi connectivity index (χ1n) is 6.70. The van der Waals surface area contributed by atoms with E-state index in [0.717, 1.165) is 11.3 Å². The van der Waals surface area contributed by atoms with Crippen LogP contribution in [0.15, 0.2) is 42.5 Å². The van der Waals surface area contributed by atoms with Gasteiger partial charge in [-0.2, -0.15) is 0 Å². The van der Waals surface area contributed by atoms with Crippen LogP contribution in [0.1, 0.15) is 21.3 Å². The summed E-state index contributed by atoms with van der Waals surface area (Å²) in [6, 6.07) is 12.5. The summed E-state index contributed by atoms with van der Waals surface area (Å²) >= 11 is 20.0. The molecule has 1 atom stereocenters. The maximum absolute atomic E-state index is 12.8. The molecule has 0 spiro atoms. The Kier molecular flexibility index (Phi) is 4.88. The molecule has 0 saturated carbocycles. The first-order chi connectivity index (χ1) is 10.6. The van der Waals surface area contributed by atoms with Crippen molar-refractivity contribution in [2.45, 2.75) is 5.37 Å². The number of halogens is 3. The van der Waals surface area contributed by atoms with Crippen molar-refractivity contribution in [3.63, 3.8) is 0 Å². The lowest BCUT2D eigenvalue weighted by Crippen LogP contribution is -2.30. The van der Waals surface area contributed by atoms with E-state index in [2.05, 4.69) is 0 Å². The Morgan fingerprint density at radius 1 is 1.09 bits per heavy atom. The molecule has 0 bridgehead atoms. The van der Waals surface area contributed by atoms with Crippen molar-refractivity contribution in [1.82, 2.24) is 4.90 Å². The van der Waals surface area contributed by atoms with Crippen LogP contribution in [0.5, 0.6) is 0 Å². The zero-order valence-corrected chi connectivity index (χ0v) is 14.5. The average Bonchev–Trinajstić information content (AvgIpc) is 2.96. The minimum atomic E-state index is -0.100. The molecule has 114 valence electrons. The van der Waals surface area contributed by atoms with Gasteiger partial charge in [0.15, 0.2) is 0 Å². The molecule has 2 aromatic carbocycles. The summed E-state index contributed by atoms with van der Waals surface area (Å²) < 4.78 is 0. The minimum Gasteiger partial charge on any atom is -0.322 e. The highest BCUT2D eigenvalue weighted by atomic mass is 35.5. The predicted molar refractivity (Wildman–Crippen MR) is 94.1 cm³/mol. The number of benzene rings is 2. The summed E-state index contributed by atoms with van der Waals surface area (Å²) in [5, 5.41) is 1.46. The quantitative estimate of drug-likeness (QED) is 0.690. The van der Waals surface area contributed by atoms with E-state index in [9.17, 15) is 4.79 Å². The zero-order valence-electron chi connectivity index (χ0n) is 11.4. The number of hydrogen-bond donors (Lipinski definition) is 0. The molecule has 1 unspecified atom stereocenters. The van der Waals surface area contributed by atoms with Crippen molar-refractivity contribution in [2.75, 3.05) is 12.3 Å². The van der Waals surface area contributed by atoms with Gasteiger partial charge >= 0.3 is 0 Å². The van der Waals surface area contributed by atoms with Crippen molar-refractivity contribution in [2.24, 2.45) is 0 Å². The van der Waals surface area contributed by atoms with Gasteiger partial charge in [0, 0.05) is 27.9 Å². The van der Waals surface area contributed by atoms with Gasteiger partial charge in [0.25, 0.3) is 5.91 Å². The van der Waals surface area contributed by atoms with Gasteiger partial charge in [0.2, 0.25) is 0 Å². The first kappa shape index (κ1) is 16.0. The Morgan fingerprint density at radius 3 is 2.59 bits per heavy atom. The van der Waals surface area contributed by atoms with Crippen LogP contribution in [-0.4, -0.2) is 23.1 Å². The Morgan fingerprint density at radius 2 is 1.86 bits per heavy atom. The smallest absolute Gasteiger partial charge is 0.256 e. The van der Waals surface area contributed by atoms with Crippen LogP contribution in [0.4, 0.5) is 0 Å². The molecule has 0 N–H and O–H groups in total. The van der Waals surface area contributed by atoms with Crippen molar-refractivity contribution in [3.8, 4) is 0 Å². The zero-order chi connectivity index (χ0) is 15.7. The van der Waals surface area contributed by atoms with Gasteiger partial charge < -0.3 is 4.90 Å². The molecule has 1 aliphatic heterocycles. The van der Waals surface area contributed by atoms with Crippen molar-refractivity contribution >= 4 is 52.5 Å². The third-order valence-corrected chi connectivity index (χ3v) is 5.62. The van der Waals surface area contributed by atoms with Crippen LogP contribution in [0.3, 0.4) is 0 Å². The normalized spacial score (nSPS) is 17.8. The lowest BCUT2D eigenvalue weighted by atomic mass is 10.1. The third-order valence-electron chi connectivity index (χ3n) is 3.48. The van der Waals surface area contributed by atoms with E-state index in [-0.39, 0.29) is 11.3 Å². The monoisotopic (exact) mass is 371 g/mol. The third kappa shape index (κ3) is 3.09. The molecule has 22 heavy (non-hydrogen) atoms. The van der Waals surface area contributed by atoms with E-state index in [4.69, 9.17) is 34.8 Å². The van der Waals surface area contributed by atoms with E-state index >= 15 is 0 Å². The van der Waals surface area contributed by atoms with Crippen LogP contribution in [0.2, 0.25) is 15.1 Å². The molecular weight excluding hydrogens is 361 g/mol. The standard InChI is InChI=1S/C16H12Cl3NOS/c17-10-5-6-11(14(19)9-10)15(21)20-7-8-22-16(20)12-3-1-2-4-13(12)18/h1-6,9,16H,7-8H2. The first-order valence-corrected chi connectivity index (χ1v) is 8.88. The summed E-state index contributed by atoms with van der Waals surface area (Å²) in [5.41, 5.74) is 1.41. The number of carbonyl (C=O) groups excluding carboxylic acids is 1. The van der Waals surface area contributed by atoms with Gasteiger partial charge in [0.1, 0.15) is 5.37 Å². The second kappa shape index (κ2) is 6.71. The maximum atomic E-state index is 12.8. The fourth-order valence-corrected chi connectivity index (χ4v) is 4.51. The second-order valence-corrected chi connectivity index (χ2v) is 7.31. The highest BCUT2D eigenvalue weighted by molar-refractivity contribution is 7.99. The molecular formula is C16H12Cl3NOS. The fraction of sp³-hybridized carbons (Fsp3) is 0.188. The van der Waals surface area contributed by atoms with Gasteiger partial charge in [-0.15, -0.1) is 11.8 Å². The van der Waals surface area contributed by atoms with Crippen molar-refractivity contribution < 1.29 is 4.79 Å². The molecule has 1 amide bonds. The fourth-order valence-electron chi connectivity index (χ4n) is 2.43. The summed E-state index contributed by atoms with van der Waals surface area (Å²) in [6.45, 7) is 0.665. The lowest BCUT2D eigenvalue weighted by Gasteiger charge is -2.25. The van der Waals surface area contributed by atoms with E-state index in [0.29, 0.717) is 27.2 Å². The predicted octanol–water partition coefficient (Wildman–Crippen LogP) is 5.53. The molecule has 0 radical (unpaired) electrons. The molecule has 1 saturated heterocycles. The SMILES string of the molecule is O=C(c1ccc(Cl)cc1Cl)N1CCSC1c1ccccc1Cl. The van der Waals surface area contributed by atoms with Gasteiger partial charge in [0.05, 0.1) is 10.6 Å². The van der Waals surface area contributed by atoms with E-state index in [1.54, 1.807) is 34.9 Å².